The summed E-state index contributed by atoms with van der Waals surface area (Å²) in [6.07, 6.45) is 2.20. The van der Waals surface area contributed by atoms with Crippen molar-refractivity contribution in [2.45, 2.75) is 39.3 Å². The smallest absolute Gasteiger partial charge is 0.410 e. The maximum Gasteiger partial charge on any atom is 0.410 e. The Kier molecular flexibility index (Phi) is 5.24. The van der Waals surface area contributed by atoms with E-state index in [-0.39, 0.29) is 11.8 Å². The third-order valence-corrected chi connectivity index (χ3v) is 3.49. The van der Waals surface area contributed by atoms with Gasteiger partial charge in [0.1, 0.15) is 11.4 Å². The molecule has 1 aromatic rings. The molecule has 22 heavy (non-hydrogen) atoms. The fourth-order valence-corrected chi connectivity index (χ4v) is 2.42. The molecule has 1 unspecified atom stereocenters. The molecular formula is C16H25N3O3. The van der Waals surface area contributed by atoms with E-state index in [0.717, 1.165) is 31.7 Å². The van der Waals surface area contributed by atoms with Gasteiger partial charge in [-0.05, 0) is 45.2 Å². The van der Waals surface area contributed by atoms with Crippen LogP contribution in [0.3, 0.4) is 0 Å². The summed E-state index contributed by atoms with van der Waals surface area (Å²) in [5.41, 5.74) is 0.442. The molecule has 0 spiro atoms. The van der Waals surface area contributed by atoms with Gasteiger partial charge in [-0.1, -0.05) is 0 Å². The summed E-state index contributed by atoms with van der Waals surface area (Å²) in [5.74, 6) is 0.608. The molecule has 1 aliphatic rings. The Balaban J connectivity index is 1.70. The van der Waals surface area contributed by atoms with Crippen LogP contribution >= 0.6 is 0 Å². The molecule has 0 aliphatic carbocycles. The molecular weight excluding hydrogens is 282 g/mol. The van der Waals surface area contributed by atoms with Gasteiger partial charge >= 0.3 is 6.09 Å². The first-order valence-corrected chi connectivity index (χ1v) is 7.66. The van der Waals surface area contributed by atoms with Crippen LogP contribution in [0.5, 0.6) is 5.75 Å². The molecule has 0 radical (unpaired) electrons. The van der Waals surface area contributed by atoms with Gasteiger partial charge in [-0.15, -0.1) is 0 Å². The number of hydrogen-bond acceptors (Lipinski definition) is 5. The highest BCUT2D eigenvalue weighted by Gasteiger charge is 2.29. The van der Waals surface area contributed by atoms with Gasteiger partial charge in [0.2, 0.25) is 0 Å². The van der Waals surface area contributed by atoms with E-state index in [4.69, 9.17) is 4.74 Å². The lowest BCUT2D eigenvalue weighted by atomic mass is 10.1. The van der Waals surface area contributed by atoms with Crippen molar-refractivity contribution in [3.05, 3.63) is 24.0 Å². The molecule has 0 aromatic carbocycles. The lowest BCUT2D eigenvalue weighted by molar-refractivity contribution is 0.0288. The first kappa shape index (κ1) is 16.5. The van der Waals surface area contributed by atoms with Crippen molar-refractivity contribution >= 4 is 6.09 Å². The molecule has 0 saturated carbocycles. The van der Waals surface area contributed by atoms with Gasteiger partial charge in [-0.25, -0.2) is 4.79 Å². The van der Waals surface area contributed by atoms with E-state index in [1.165, 1.54) is 6.20 Å². The van der Waals surface area contributed by atoms with Crippen LogP contribution in [0, 0.1) is 5.92 Å². The first-order chi connectivity index (χ1) is 10.3. The SMILES string of the molecule is CC(C)(C)OC(=O)N1CCC(CNCc2ccc(O)cn2)C1. The molecule has 1 saturated heterocycles. The van der Waals surface area contributed by atoms with Gasteiger partial charge in [0.15, 0.2) is 0 Å². The number of aromatic nitrogens is 1. The second kappa shape index (κ2) is 6.96. The van der Waals surface area contributed by atoms with Crippen LogP contribution < -0.4 is 5.32 Å². The zero-order chi connectivity index (χ0) is 16.2. The van der Waals surface area contributed by atoms with Crippen LogP contribution in [0.4, 0.5) is 4.79 Å². The third kappa shape index (κ3) is 5.18. The minimum atomic E-state index is -0.446. The fraction of sp³-hybridized carbons (Fsp3) is 0.625. The Hall–Kier alpha value is -1.82. The van der Waals surface area contributed by atoms with Gasteiger partial charge in [0.25, 0.3) is 0 Å². The van der Waals surface area contributed by atoms with E-state index in [1.54, 1.807) is 17.0 Å². The van der Waals surface area contributed by atoms with Crippen LogP contribution in [0.15, 0.2) is 18.3 Å². The highest BCUT2D eigenvalue weighted by molar-refractivity contribution is 5.68. The van der Waals surface area contributed by atoms with Gasteiger partial charge in [-0.3, -0.25) is 4.98 Å². The predicted molar refractivity (Wildman–Crippen MR) is 83.5 cm³/mol. The van der Waals surface area contributed by atoms with Gasteiger partial charge in [0.05, 0.1) is 11.9 Å². The second-order valence-corrected chi connectivity index (χ2v) is 6.72. The molecule has 6 heteroatoms. The van der Waals surface area contributed by atoms with E-state index in [0.29, 0.717) is 12.5 Å². The first-order valence-electron chi connectivity index (χ1n) is 7.66. The quantitative estimate of drug-likeness (QED) is 0.891. The summed E-state index contributed by atoms with van der Waals surface area (Å²) in [6, 6.07) is 3.42. The normalized spacial score (nSPS) is 18.5. The number of amides is 1. The molecule has 1 aromatic heterocycles. The molecule has 0 bridgehead atoms. The average molecular weight is 307 g/mol. The lowest BCUT2D eigenvalue weighted by Crippen LogP contribution is -2.36. The molecule has 1 aliphatic heterocycles. The molecule has 1 atom stereocenters. The maximum absolute atomic E-state index is 12.0. The van der Waals surface area contributed by atoms with Crippen LogP contribution in [0.25, 0.3) is 0 Å². The number of aromatic hydroxyl groups is 1. The Morgan fingerprint density at radius 1 is 1.50 bits per heavy atom. The van der Waals surface area contributed by atoms with Crippen molar-refractivity contribution in [1.82, 2.24) is 15.2 Å². The third-order valence-electron chi connectivity index (χ3n) is 3.49. The van der Waals surface area contributed by atoms with Gasteiger partial charge < -0.3 is 20.1 Å². The van der Waals surface area contributed by atoms with Crippen molar-refractivity contribution in [3.63, 3.8) is 0 Å². The number of rotatable bonds is 4. The molecule has 2 N–H and O–H groups in total. The van der Waals surface area contributed by atoms with E-state index in [9.17, 15) is 9.90 Å². The number of likely N-dealkylation sites (tertiary alicyclic amines) is 1. The van der Waals surface area contributed by atoms with Gasteiger partial charge in [-0.2, -0.15) is 0 Å². The van der Waals surface area contributed by atoms with Crippen LogP contribution in [-0.4, -0.2) is 46.3 Å². The van der Waals surface area contributed by atoms with E-state index < -0.39 is 5.60 Å². The van der Waals surface area contributed by atoms with Crippen molar-refractivity contribution in [2.75, 3.05) is 19.6 Å². The van der Waals surface area contributed by atoms with Crippen LogP contribution in [0.2, 0.25) is 0 Å². The number of nitrogens with zero attached hydrogens (tertiary/aromatic N) is 2. The van der Waals surface area contributed by atoms with E-state index in [2.05, 4.69) is 10.3 Å². The highest BCUT2D eigenvalue weighted by atomic mass is 16.6. The number of hydrogen-bond donors (Lipinski definition) is 2. The summed E-state index contributed by atoms with van der Waals surface area (Å²) >= 11 is 0. The topological polar surface area (TPSA) is 74.7 Å². The highest BCUT2D eigenvalue weighted by Crippen LogP contribution is 2.19. The summed E-state index contributed by atoms with van der Waals surface area (Å²) in [5, 5.41) is 12.5. The minimum absolute atomic E-state index is 0.174. The number of pyridine rings is 1. The van der Waals surface area contributed by atoms with E-state index >= 15 is 0 Å². The number of nitrogens with one attached hydrogen (secondary N) is 1. The van der Waals surface area contributed by atoms with Crippen molar-refractivity contribution < 1.29 is 14.6 Å². The molecule has 2 heterocycles. The lowest BCUT2D eigenvalue weighted by Gasteiger charge is -2.24. The average Bonchev–Trinajstić information content (AvgIpc) is 2.88. The van der Waals surface area contributed by atoms with Gasteiger partial charge in [0, 0.05) is 26.2 Å². The number of carbonyl (C=O) groups excluding carboxylic acids is 1. The molecule has 6 nitrogen and oxygen atoms in total. The predicted octanol–water partition coefficient (Wildman–Crippen LogP) is 2.13. The monoisotopic (exact) mass is 307 g/mol. The van der Waals surface area contributed by atoms with Crippen molar-refractivity contribution in [3.8, 4) is 5.75 Å². The van der Waals surface area contributed by atoms with Crippen molar-refractivity contribution in [2.24, 2.45) is 5.92 Å². The van der Waals surface area contributed by atoms with Crippen LogP contribution in [0.1, 0.15) is 32.9 Å². The Morgan fingerprint density at radius 3 is 2.91 bits per heavy atom. The summed E-state index contributed by atoms with van der Waals surface area (Å²) in [6.45, 7) is 8.61. The summed E-state index contributed by atoms with van der Waals surface area (Å²) in [4.78, 5) is 17.9. The number of carbonyl (C=O) groups is 1. The Morgan fingerprint density at radius 2 is 2.27 bits per heavy atom. The fourth-order valence-electron chi connectivity index (χ4n) is 2.42. The zero-order valence-corrected chi connectivity index (χ0v) is 13.5. The minimum Gasteiger partial charge on any atom is -0.506 e. The zero-order valence-electron chi connectivity index (χ0n) is 13.5. The number of ether oxygens (including phenoxy) is 1. The molecule has 2 rings (SSSR count). The Labute approximate surface area is 131 Å². The van der Waals surface area contributed by atoms with Crippen LogP contribution in [-0.2, 0) is 11.3 Å². The largest absolute Gasteiger partial charge is 0.506 e. The molecule has 1 fully saturated rings. The summed E-state index contributed by atoms with van der Waals surface area (Å²) in [7, 11) is 0. The summed E-state index contributed by atoms with van der Waals surface area (Å²) < 4.78 is 5.39. The second-order valence-electron chi connectivity index (χ2n) is 6.72. The standard InChI is InChI=1S/C16H25N3O3/c1-16(2,3)22-15(21)19-7-6-12(11-19)8-17-9-13-4-5-14(20)10-18-13/h4-5,10,12,17,20H,6-9,11H2,1-3H3. The molecule has 122 valence electrons. The Bertz CT molecular complexity index is 496. The van der Waals surface area contributed by atoms with E-state index in [1.807, 2.05) is 20.8 Å². The maximum atomic E-state index is 12.0. The van der Waals surface area contributed by atoms with Crippen molar-refractivity contribution in [1.29, 1.82) is 0 Å². The molecule has 1 amide bonds.